The van der Waals surface area contributed by atoms with Crippen LogP contribution in [0, 0.1) is 5.82 Å². The van der Waals surface area contributed by atoms with Crippen LogP contribution in [0.4, 0.5) is 23.2 Å². The largest absolute Gasteiger partial charge is 0.489 e. The van der Waals surface area contributed by atoms with Gasteiger partial charge in [-0.05, 0) is 43.7 Å². The van der Waals surface area contributed by atoms with E-state index in [1.165, 1.54) is 23.1 Å². The molecule has 12 heteroatoms. The van der Waals surface area contributed by atoms with Crippen molar-refractivity contribution in [2.24, 2.45) is 0 Å². The van der Waals surface area contributed by atoms with Crippen LogP contribution in [0.25, 0.3) is 0 Å². The maximum Gasteiger partial charge on any atom is 0.416 e. The molecule has 186 valence electrons. The highest BCUT2D eigenvalue weighted by molar-refractivity contribution is 7.89. The fourth-order valence-electron chi connectivity index (χ4n) is 3.57. The number of rotatable bonds is 8. The lowest BCUT2D eigenvalue weighted by Gasteiger charge is -2.26. The third-order valence-electron chi connectivity index (χ3n) is 5.29. The zero-order chi connectivity index (χ0) is 24.9. The van der Waals surface area contributed by atoms with Crippen LogP contribution < -0.4 is 14.4 Å². The summed E-state index contributed by atoms with van der Waals surface area (Å²) in [6.45, 7) is 2.71. The van der Waals surface area contributed by atoms with Crippen molar-refractivity contribution in [2.45, 2.75) is 30.5 Å². The molecule has 1 aliphatic heterocycles. The van der Waals surface area contributed by atoms with Gasteiger partial charge in [0.1, 0.15) is 22.6 Å². The number of sulfonamides is 1. The molecule has 3 rings (SSSR count). The highest BCUT2D eigenvalue weighted by Gasteiger charge is 2.34. The standard InChI is InChI=1S/C22H25F4N3O4S/c1-16(33-19-5-2-4-18(23)13-19)14-27-34(31,32)21-12-17(22(24,25)26)6-7-20(21)29-9-3-8-28(15-30)10-11-29/h2,4-7,12-13,15-16,27H,3,8-11,14H2,1H3. The first-order valence-corrected chi connectivity index (χ1v) is 12.1. The summed E-state index contributed by atoms with van der Waals surface area (Å²) in [6, 6.07) is 7.89. The zero-order valence-electron chi connectivity index (χ0n) is 18.4. The van der Waals surface area contributed by atoms with Crippen molar-refractivity contribution in [3.05, 3.63) is 53.8 Å². The van der Waals surface area contributed by atoms with Crippen LogP contribution in [0.1, 0.15) is 18.9 Å². The lowest BCUT2D eigenvalue weighted by atomic mass is 10.2. The summed E-state index contributed by atoms with van der Waals surface area (Å²) in [4.78, 5) is 13.8. The summed E-state index contributed by atoms with van der Waals surface area (Å²) in [6.07, 6.45) is -4.24. The average Bonchev–Trinajstić information content (AvgIpc) is 3.02. The maximum absolute atomic E-state index is 13.4. The molecule has 1 unspecified atom stereocenters. The van der Waals surface area contributed by atoms with E-state index in [1.54, 1.807) is 11.8 Å². The lowest BCUT2D eigenvalue weighted by Crippen LogP contribution is -2.36. The smallest absolute Gasteiger partial charge is 0.416 e. The molecule has 1 saturated heterocycles. The highest BCUT2D eigenvalue weighted by atomic mass is 32.2. The van der Waals surface area contributed by atoms with E-state index < -0.39 is 38.6 Å². The second-order valence-electron chi connectivity index (χ2n) is 7.90. The Morgan fingerprint density at radius 3 is 2.56 bits per heavy atom. The summed E-state index contributed by atoms with van der Waals surface area (Å²) in [5.41, 5.74) is -0.975. The van der Waals surface area contributed by atoms with E-state index in [2.05, 4.69) is 4.72 Å². The molecule has 7 nitrogen and oxygen atoms in total. The number of alkyl halides is 3. The van der Waals surface area contributed by atoms with Gasteiger partial charge in [-0.2, -0.15) is 13.2 Å². The van der Waals surface area contributed by atoms with E-state index in [4.69, 9.17) is 4.74 Å². The number of benzene rings is 2. The van der Waals surface area contributed by atoms with Crippen LogP contribution >= 0.6 is 0 Å². The second-order valence-corrected chi connectivity index (χ2v) is 9.64. The summed E-state index contributed by atoms with van der Waals surface area (Å²) < 4.78 is 87.4. The van der Waals surface area contributed by atoms with Gasteiger partial charge in [0.25, 0.3) is 0 Å². The number of amides is 1. The number of carbonyl (C=O) groups excluding carboxylic acids is 1. The molecule has 1 atom stereocenters. The van der Waals surface area contributed by atoms with Gasteiger partial charge in [0.2, 0.25) is 16.4 Å². The summed E-state index contributed by atoms with van der Waals surface area (Å²) in [7, 11) is -4.38. The van der Waals surface area contributed by atoms with Crippen molar-refractivity contribution < 1.29 is 35.5 Å². The molecule has 0 bridgehead atoms. The molecular formula is C22H25F4N3O4S. The Morgan fingerprint density at radius 1 is 1.12 bits per heavy atom. The van der Waals surface area contributed by atoms with Gasteiger partial charge < -0.3 is 14.5 Å². The van der Waals surface area contributed by atoms with Gasteiger partial charge in [-0.25, -0.2) is 17.5 Å². The fourth-order valence-corrected chi connectivity index (χ4v) is 4.93. The summed E-state index contributed by atoms with van der Waals surface area (Å²) >= 11 is 0. The molecule has 34 heavy (non-hydrogen) atoms. The minimum Gasteiger partial charge on any atom is -0.489 e. The lowest BCUT2D eigenvalue weighted by molar-refractivity contribution is -0.137. The Balaban J connectivity index is 1.84. The SMILES string of the molecule is CC(CNS(=O)(=O)c1cc(C(F)(F)F)ccc1N1CCCN(C=O)CC1)Oc1cccc(F)c1. The average molecular weight is 504 g/mol. The minimum absolute atomic E-state index is 0.118. The molecule has 0 spiro atoms. The number of halogens is 4. The molecule has 0 saturated carbocycles. The molecule has 0 aromatic heterocycles. The number of nitrogens with one attached hydrogen (secondary N) is 1. The zero-order valence-corrected chi connectivity index (χ0v) is 19.2. The number of hydrogen-bond donors (Lipinski definition) is 1. The molecule has 1 heterocycles. The molecule has 1 fully saturated rings. The maximum atomic E-state index is 13.4. The normalized spacial score (nSPS) is 16.1. The highest BCUT2D eigenvalue weighted by Crippen LogP contribution is 2.35. The van der Waals surface area contributed by atoms with Crippen LogP contribution in [-0.4, -0.2) is 58.6 Å². The van der Waals surface area contributed by atoms with E-state index in [9.17, 15) is 30.8 Å². The van der Waals surface area contributed by atoms with Crippen LogP contribution in [0.15, 0.2) is 47.4 Å². The van der Waals surface area contributed by atoms with Gasteiger partial charge in [0.15, 0.2) is 0 Å². The predicted molar refractivity (Wildman–Crippen MR) is 118 cm³/mol. The second kappa shape index (κ2) is 10.6. The van der Waals surface area contributed by atoms with Gasteiger partial charge in [-0.3, -0.25) is 4.79 Å². The van der Waals surface area contributed by atoms with Crippen molar-refractivity contribution in [3.63, 3.8) is 0 Å². The molecule has 1 amide bonds. The Morgan fingerprint density at radius 2 is 1.88 bits per heavy atom. The van der Waals surface area contributed by atoms with Gasteiger partial charge in [0.05, 0.1) is 11.3 Å². The first-order valence-electron chi connectivity index (χ1n) is 10.6. The Bertz CT molecular complexity index is 1110. The molecular weight excluding hydrogens is 478 g/mol. The molecule has 1 N–H and O–H groups in total. The number of ether oxygens (including phenoxy) is 1. The topological polar surface area (TPSA) is 79.0 Å². The van der Waals surface area contributed by atoms with E-state index in [-0.39, 0.29) is 24.5 Å². The first kappa shape index (κ1) is 25.8. The first-order chi connectivity index (χ1) is 16.0. The number of nitrogens with zero attached hydrogens (tertiary/aromatic N) is 2. The van der Waals surface area contributed by atoms with E-state index in [0.717, 1.165) is 18.2 Å². The third kappa shape index (κ3) is 6.60. The van der Waals surface area contributed by atoms with Crippen molar-refractivity contribution in [3.8, 4) is 5.75 Å². The fraction of sp³-hybridized carbons (Fsp3) is 0.409. The number of hydrogen-bond acceptors (Lipinski definition) is 5. The van der Waals surface area contributed by atoms with Crippen molar-refractivity contribution >= 4 is 22.1 Å². The minimum atomic E-state index is -4.73. The molecule has 1 aliphatic rings. The van der Waals surface area contributed by atoms with Crippen LogP contribution in [0.5, 0.6) is 5.75 Å². The van der Waals surface area contributed by atoms with E-state index in [0.29, 0.717) is 38.5 Å². The van der Waals surface area contributed by atoms with Gasteiger partial charge >= 0.3 is 6.18 Å². The van der Waals surface area contributed by atoms with Crippen LogP contribution in [0.3, 0.4) is 0 Å². The van der Waals surface area contributed by atoms with Gasteiger partial charge in [-0.1, -0.05) is 6.07 Å². The predicted octanol–water partition coefficient (Wildman–Crippen LogP) is 3.26. The monoisotopic (exact) mass is 503 g/mol. The van der Waals surface area contributed by atoms with E-state index >= 15 is 0 Å². The molecule has 2 aromatic rings. The quantitative estimate of drug-likeness (QED) is 0.442. The molecule has 0 aliphatic carbocycles. The van der Waals surface area contributed by atoms with E-state index in [1.807, 2.05) is 0 Å². The Hall–Kier alpha value is -2.86. The van der Waals surface area contributed by atoms with Crippen molar-refractivity contribution in [1.29, 1.82) is 0 Å². The molecule has 0 radical (unpaired) electrons. The van der Waals surface area contributed by atoms with Gasteiger partial charge in [-0.15, -0.1) is 0 Å². The Kier molecular flexibility index (Phi) is 8.03. The number of anilines is 1. The number of carbonyl (C=O) groups is 1. The summed E-state index contributed by atoms with van der Waals surface area (Å²) in [5, 5.41) is 0. The van der Waals surface area contributed by atoms with Crippen molar-refractivity contribution in [1.82, 2.24) is 9.62 Å². The van der Waals surface area contributed by atoms with Crippen LogP contribution in [-0.2, 0) is 21.0 Å². The van der Waals surface area contributed by atoms with Gasteiger partial charge in [0, 0.05) is 38.8 Å². The summed E-state index contributed by atoms with van der Waals surface area (Å²) in [5.74, 6) is -0.333. The van der Waals surface area contributed by atoms with Crippen LogP contribution in [0.2, 0.25) is 0 Å². The Labute approximate surface area is 195 Å². The molecule has 2 aromatic carbocycles. The third-order valence-corrected chi connectivity index (χ3v) is 6.74. The van der Waals surface area contributed by atoms with Crippen molar-refractivity contribution in [2.75, 3.05) is 37.6 Å².